The third-order valence-corrected chi connectivity index (χ3v) is 7.55. The maximum Gasteiger partial charge on any atom is 0.213 e. The molecule has 0 radical (unpaired) electrons. The Hall–Kier alpha value is -2.48. The maximum absolute atomic E-state index is 12.1. The van der Waals surface area contributed by atoms with Crippen LogP contribution in [0.1, 0.15) is 25.3 Å². The molecule has 0 spiro atoms. The van der Waals surface area contributed by atoms with Crippen LogP contribution in [0.15, 0.2) is 54.9 Å². The topological polar surface area (TPSA) is 85.5 Å². The molecule has 6 nitrogen and oxygen atoms in total. The Balaban J connectivity index is 1.62. The Morgan fingerprint density at radius 3 is 2.67 bits per heavy atom. The molecule has 1 aliphatic rings. The third-order valence-electron chi connectivity index (χ3n) is 5.67. The van der Waals surface area contributed by atoms with E-state index < -0.39 is 10.0 Å². The van der Waals surface area contributed by atoms with Crippen molar-refractivity contribution in [3.05, 3.63) is 60.4 Å². The lowest BCUT2D eigenvalue weighted by molar-refractivity contribution is 0.137. The molecular formula is C23H27N3O3S. The average Bonchev–Trinajstić information content (AvgIpc) is 2.79. The first-order valence-electron chi connectivity index (χ1n) is 10.3. The van der Waals surface area contributed by atoms with Gasteiger partial charge in [0.1, 0.15) is 11.9 Å². The van der Waals surface area contributed by atoms with Crippen LogP contribution in [0.4, 0.5) is 0 Å². The van der Waals surface area contributed by atoms with Crippen LogP contribution in [-0.2, 0) is 16.6 Å². The number of sulfonamides is 1. The second-order valence-electron chi connectivity index (χ2n) is 7.59. The summed E-state index contributed by atoms with van der Waals surface area (Å²) in [6, 6.07) is 14.4. The molecule has 1 saturated heterocycles. The van der Waals surface area contributed by atoms with Crippen molar-refractivity contribution in [2.24, 2.45) is 5.73 Å². The van der Waals surface area contributed by atoms with Crippen LogP contribution in [0.3, 0.4) is 0 Å². The van der Waals surface area contributed by atoms with E-state index in [-0.39, 0.29) is 11.9 Å². The summed E-state index contributed by atoms with van der Waals surface area (Å²) in [6.07, 6.45) is 4.92. The first kappa shape index (κ1) is 20.8. The fraction of sp³-hybridized carbons (Fsp3) is 0.348. The SMILES string of the molecule is CCS(=O)(=O)N1CCC(Oc2cc(-c3cccc(CN)c3)cc3ccncc23)CC1. The fourth-order valence-corrected chi connectivity index (χ4v) is 5.03. The van der Waals surface area contributed by atoms with Crippen LogP contribution >= 0.6 is 0 Å². The monoisotopic (exact) mass is 425 g/mol. The highest BCUT2D eigenvalue weighted by Gasteiger charge is 2.28. The summed E-state index contributed by atoms with van der Waals surface area (Å²) < 4.78 is 32.2. The first-order valence-corrected chi connectivity index (χ1v) is 11.9. The van der Waals surface area contributed by atoms with Crippen LogP contribution < -0.4 is 10.5 Å². The maximum atomic E-state index is 12.1. The molecule has 3 aromatic rings. The van der Waals surface area contributed by atoms with E-state index >= 15 is 0 Å². The van der Waals surface area contributed by atoms with E-state index in [1.54, 1.807) is 17.4 Å². The molecule has 7 heteroatoms. The number of nitrogens with zero attached hydrogens (tertiary/aromatic N) is 2. The van der Waals surface area contributed by atoms with Gasteiger partial charge in [0.05, 0.1) is 5.75 Å². The minimum absolute atomic E-state index is 0.0256. The Bertz CT molecular complexity index is 1140. The second kappa shape index (κ2) is 8.71. The van der Waals surface area contributed by atoms with Crippen molar-refractivity contribution >= 4 is 20.8 Å². The van der Waals surface area contributed by atoms with E-state index in [0.29, 0.717) is 32.5 Å². The molecule has 1 aliphatic heterocycles. The Morgan fingerprint density at radius 2 is 1.93 bits per heavy atom. The van der Waals surface area contributed by atoms with Gasteiger partial charge >= 0.3 is 0 Å². The van der Waals surface area contributed by atoms with Gasteiger partial charge in [-0.25, -0.2) is 12.7 Å². The standard InChI is InChI=1S/C23H27N3O3S/c1-2-30(27,28)26-10-7-21(8-11-26)29-23-14-20(13-19-6-9-25-16-22(19)23)18-5-3-4-17(12-18)15-24/h3-6,9,12-14,16,21H,2,7-8,10-11,15,24H2,1H3. The van der Waals surface area contributed by atoms with Crippen LogP contribution in [0.2, 0.25) is 0 Å². The number of fused-ring (bicyclic) bond motifs is 1. The van der Waals surface area contributed by atoms with Crippen LogP contribution in [-0.4, -0.2) is 42.7 Å². The molecule has 30 heavy (non-hydrogen) atoms. The number of rotatable bonds is 6. The van der Waals surface area contributed by atoms with Crippen LogP contribution in [0.5, 0.6) is 5.75 Å². The molecule has 4 rings (SSSR count). The summed E-state index contributed by atoms with van der Waals surface area (Å²) in [6.45, 7) is 3.17. The van der Waals surface area contributed by atoms with Crippen molar-refractivity contribution in [2.75, 3.05) is 18.8 Å². The van der Waals surface area contributed by atoms with Crippen LogP contribution in [0.25, 0.3) is 21.9 Å². The Kier molecular flexibility index (Phi) is 6.04. The molecule has 0 bridgehead atoms. The van der Waals surface area contributed by atoms with Crippen LogP contribution in [0, 0.1) is 0 Å². The number of piperidine rings is 1. The van der Waals surface area contributed by atoms with Gasteiger partial charge < -0.3 is 10.5 Å². The van der Waals surface area contributed by atoms with Gasteiger partial charge in [-0.3, -0.25) is 4.98 Å². The fourth-order valence-electron chi connectivity index (χ4n) is 3.90. The van der Waals surface area contributed by atoms with Gasteiger partial charge in [0, 0.05) is 37.4 Å². The van der Waals surface area contributed by atoms with Crippen molar-refractivity contribution in [3.63, 3.8) is 0 Å². The summed E-state index contributed by atoms with van der Waals surface area (Å²) in [5.41, 5.74) is 9.04. The number of hydrogen-bond donors (Lipinski definition) is 1. The van der Waals surface area contributed by atoms with Crippen molar-refractivity contribution in [1.82, 2.24) is 9.29 Å². The lowest BCUT2D eigenvalue weighted by Crippen LogP contribution is -2.42. The first-order chi connectivity index (χ1) is 14.5. The second-order valence-corrected chi connectivity index (χ2v) is 9.85. The summed E-state index contributed by atoms with van der Waals surface area (Å²) in [4.78, 5) is 4.27. The van der Waals surface area contributed by atoms with Gasteiger partial charge in [-0.05, 0) is 66.1 Å². The third kappa shape index (κ3) is 4.33. The highest BCUT2D eigenvalue weighted by molar-refractivity contribution is 7.89. The Morgan fingerprint density at radius 1 is 1.13 bits per heavy atom. The number of nitrogens with two attached hydrogens (primary N) is 1. The van der Waals surface area contributed by atoms with E-state index in [4.69, 9.17) is 10.5 Å². The molecule has 1 aromatic heterocycles. The minimum Gasteiger partial charge on any atom is -0.490 e. The van der Waals surface area contributed by atoms with Gasteiger partial charge in [0.25, 0.3) is 0 Å². The van der Waals surface area contributed by atoms with Crippen molar-refractivity contribution in [1.29, 1.82) is 0 Å². The molecule has 158 valence electrons. The summed E-state index contributed by atoms with van der Waals surface area (Å²) >= 11 is 0. The Labute approximate surface area is 177 Å². The van der Waals surface area contributed by atoms with E-state index in [1.807, 2.05) is 24.4 Å². The van der Waals surface area contributed by atoms with Crippen molar-refractivity contribution in [3.8, 4) is 16.9 Å². The highest BCUT2D eigenvalue weighted by atomic mass is 32.2. The van der Waals surface area contributed by atoms with E-state index in [9.17, 15) is 8.42 Å². The highest BCUT2D eigenvalue weighted by Crippen LogP contribution is 2.34. The predicted octanol–water partition coefficient (Wildman–Crippen LogP) is 3.55. The number of hydrogen-bond acceptors (Lipinski definition) is 5. The van der Waals surface area contributed by atoms with E-state index in [0.717, 1.165) is 33.2 Å². The van der Waals surface area contributed by atoms with Gasteiger partial charge in [-0.1, -0.05) is 18.2 Å². The number of benzene rings is 2. The molecule has 2 N–H and O–H groups in total. The lowest BCUT2D eigenvalue weighted by atomic mass is 9.99. The normalized spacial score (nSPS) is 16.1. The number of ether oxygens (including phenoxy) is 1. The largest absolute Gasteiger partial charge is 0.490 e. The quantitative estimate of drug-likeness (QED) is 0.653. The molecule has 2 aromatic carbocycles. The van der Waals surface area contributed by atoms with Gasteiger partial charge in [-0.15, -0.1) is 0 Å². The van der Waals surface area contributed by atoms with Crippen molar-refractivity contribution in [2.45, 2.75) is 32.4 Å². The smallest absolute Gasteiger partial charge is 0.213 e. The molecule has 2 heterocycles. The predicted molar refractivity (Wildman–Crippen MR) is 120 cm³/mol. The summed E-state index contributed by atoms with van der Waals surface area (Å²) in [5.74, 6) is 0.921. The molecule has 0 aliphatic carbocycles. The zero-order valence-corrected chi connectivity index (χ0v) is 17.9. The summed E-state index contributed by atoms with van der Waals surface area (Å²) in [5, 5.41) is 2.02. The molecule has 0 unspecified atom stereocenters. The van der Waals surface area contributed by atoms with Crippen molar-refractivity contribution < 1.29 is 13.2 Å². The molecule has 0 amide bonds. The molecule has 0 atom stereocenters. The average molecular weight is 426 g/mol. The molecule has 0 saturated carbocycles. The van der Waals surface area contributed by atoms with Gasteiger partial charge in [-0.2, -0.15) is 0 Å². The zero-order chi connectivity index (χ0) is 21.1. The lowest BCUT2D eigenvalue weighted by Gasteiger charge is -2.31. The number of aromatic nitrogens is 1. The van der Waals surface area contributed by atoms with E-state index in [2.05, 4.69) is 29.2 Å². The summed E-state index contributed by atoms with van der Waals surface area (Å²) in [7, 11) is -3.14. The number of pyridine rings is 1. The molecular weight excluding hydrogens is 398 g/mol. The van der Waals surface area contributed by atoms with Gasteiger partial charge in [0.2, 0.25) is 10.0 Å². The molecule has 1 fully saturated rings. The van der Waals surface area contributed by atoms with Gasteiger partial charge in [0.15, 0.2) is 0 Å². The minimum atomic E-state index is -3.14. The van der Waals surface area contributed by atoms with E-state index in [1.165, 1.54) is 0 Å². The zero-order valence-electron chi connectivity index (χ0n) is 17.1.